The molecule has 0 spiro atoms. The Kier molecular flexibility index (Phi) is 6.29. The van der Waals surface area contributed by atoms with Crippen LogP contribution < -0.4 is 15.4 Å². The molecule has 3 amide bonds. The first-order valence-corrected chi connectivity index (χ1v) is 10.4. The number of hydrogen-bond acceptors (Lipinski definition) is 6. The number of carbonyl (C=O) groups excluding carboxylic acids is 2. The minimum absolute atomic E-state index is 0.0560. The quantitative estimate of drug-likeness (QED) is 0.637. The van der Waals surface area contributed by atoms with Gasteiger partial charge in [0.25, 0.3) is 0 Å². The lowest BCUT2D eigenvalue weighted by molar-refractivity contribution is -0.121. The summed E-state index contributed by atoms with van der Waals surface area (Å²) in [6.45, 7) is 1.01. The van der Waals surface area contributed by atoms with Crippen LogP contribution in [0.3, 0.4) is 0 Å². The third-order valence-corrected chi connectivity index (χ3v) is 5.51. The molecule has 1 saturated heterocycles. The van der Waals surface area contributed by atoms with Crippen LogP contribution in [0.1, 0.15) is 12.8 Å². The van der Waals surface area contributed by atoms with Gasteiger partial charge in [0.2, 0.25) is 5.91 Å². The van der Waals surface area contributed by atoms with Crippen LogP contribution in [-0.2, 0) is 11.8 Å². The molecule has 1 aliphatic rings. The van der Waals surface area contributed by atoms with E-state index in [4.69, 9.17) is 4.74 Å². The van der Waals surface area contributed by atoms with E-state index >= 15 is 0 Å². The Labute approximate surface area is 185 Å². The summed E-state index contributed by atoms with van der Waals surface area (Å²) < 4.78 is 6.86. The Balaban J connectivity index is 1.32. The topological polar surface area (TPSA) is 114 Å². The molecular formula is C22H25N7O3. The number of anilines is 2. The number of amides is 3. The lowest BCUT2D eigenvalue weighted by Gasteiger charge is -2.31. The summed E-state index contributed by atoms with van der Waals surface area (Å²) in [4.78, 5) is 27.1. The summed E-state index contributed by atoms with van der Waals surface area (Å²) in [6.07, 6.45) is 1.19. The molecule has 0 aliphatic carbocycles. The van der Waals surface area contributed by atoms with E-state index in [-0.39, 0.29) is 17.9 Å². The second-order valence-electron chi connectivity index (χ2n) is 7.59. The normalized spacial score (nSPS) is 14.1. The molecule has 32 heavy (non-hydrogen) atoms. The molecule has 3 aromatic rings. The highest BCUT2D eigenvalue weighted by atomic mass is 16.5. The molecule has 4 rings (SSSR count). The summed E-state index contributed by atoms with van der Waals surface area (Å²) in [5.41, 5.74) is 2.12. The minimum Gasteiger partial charge on any atom is -0.495 e. The molecule has 166 valence electrons. The van der Waals surface area contributed by atoms with Crippen molar-refractivity contribution in [1.82, 2.24) is 25.1 Å². The fraction of sp³-hybridized carbons (Fsp3) is 0.318. The highest BCUT2D eigenvalue weighted by molar-refractivity contribution is 5.94. The van der Waals surface area contributed by atoms with Gasteiger partial charge in [-0.25, -0.2) is 9.48 Å². The molecule has 0 unspecified atom stereocenters. The summed E-state index contributed by atoms with van der Waals surface area (Å²) in [7, 11) is 3.33. The summed E-state index contributed by atoms with van der Waals surface area (Å²) in [5, 5.41) is 17.3. The Morgan fingerprint density at radius 3 is 2.56 bits per heavy atom. The van der Waals surface area contributed by atoms with E-state index in [1.165, 1.54) is 0 Å². The van der Waals surface area contributed by atoms with Gasteiger partial charge in [-0.2, -0.15) is 0 Å². The van der Waals surface area contributed by atoms with Gasteiger partial charge in [-0.05, 0) is 47.5 Å². The van der Waals surface area contributed by atoms with Crippen molar-refractivity contribution >= 4 is 23.3 Å². The van der Waals surface area contributed by atoms with E-state index in [1.54, 1.807) is 29.8 Å². The third kappa shape index (κ3) is 4.69. The molecule has 2 aromatic carbocycles. The van der Waals surface area contributed by atoms with Crippen LogP contribution in [0.15, 0.2) is 48.5 Å². The molecule has 0 bridgehead atoms. The summed E-state index contributed by atoms with van der Waals surface area (Å²) >= 11 is 0. The number of piperidine rings is 1. The highest BCUT2D eigenvalue weighted by Gasteiger charge is 2.28. The number of tetrazole rings is 1. The van der Waals surface area contributed by atoms with Gasteiger partial charge in [0, 0.05) is 37.3 Å². The molecule has 0 radical (unpaired) electrons. The maximum atomic E-state index is 12.7. The number of rotatable bonds is 5. The number of methoxy groups -OCH3 is 1. The Hall–Kier alpha value is -3.95. The molecule has 2 heterocycles. The Morgan fingerprint density at radius 2 is 1.84 bits per heavy atom. The number of para-hydroxylation sites is 2. The first kappa shape index (κ1) is 21.3. The van der Waals surface area contributed by atoms with E-state index in [0.717, 1.165) is 5.56 Å². The van der Waals surface area contributed by atoms with Crippen LogP contribution in [0.5, 0.6) is 5.75 Å². The van der Waals surface area contributed by atoms with Crippen LogP contribution in [0.4, 0.5) is 16.2 Å². The molecular weight excluding hydrogens is 410 g/mol. The molecule has 10 nitrogen and oxygen atoms in total. The van der Waals surface area contributed by atoms with Gasteiger partial charge in [-0.3, -0.25) is 4.79 Å². The summed E-state index contributed by atoms with van der Waals surface area (Å²) in [6, 6.07) is 14.5. The van der Waals surface area contributed by atoms with Crippen molar-refractivity contribution in [1.29, 1.82) is 0 Å². The molecule has 1 aromatic heterocycles. The van der Waals surface area contributed by atoms with E-state index in [9.17, 15) is 9.59 Å². The second kappa shape index (κ2) is 9.46. The highest BCUT2D eigenvalue weighted by Crippen LogP contribution is 2.26. The van der Waals surface area contributed by atoms with Crippen molar-refractivity contribution in [2.45, 2.75) is 12.8 Å². The van der Waals surface area contributed by atoms with Crippen molar-refractivity contribution < 1.29 is 14.3 Å². The third-order valence-electron chi connectivity index (χ3n) is 5.51. The van der Waals surface area contributed by atoms with Crippen LogP contribution >= 0.6 is 0 Å². The lowest BCUT2D eigenvalue weighted by atomic mass is 9.96. The van der Waals surface area contributed by atoms with Gasteiger partial charge in [0.05, 0.1) is 12.8 Å². The molecule has 2 N–H and O–H groups in total. The van der Waals surface area contributed by atoms with Crippen molar-refractivity contribution in [3.63, 3.8) is 0 Å². The van der Waals surface area contributed by atoms with E-state index in [2.05, 4.69) is 26.2 Å². The zero-order valence-electron chi connectivity index (χ0n) is 18.0. The van der Waals surface area contributed by atoms with Crippen LogP contribution in [-0.4, -0.2) is 57.2 Å². The lowest BCUT2D eigenvalue weighted by Crippen LogP contribution is -2.43. The number of nitrogens with zero attached hydrogens (tertiary/aromatic N) is 5. The van der Waals surface area contributed by atoms with Gasteiger partial charge in [-0.1, -0.05) is 24.3 Å². The number of aryl methyl sites for hydroxylation is 1. The molecule has 10 heteroatoms. The Bertz CT molecular complexity index is 1110. The van der Waals surface area contributed by atoms with Crippen LogP contribution in [0.2, 0.25) is 0 Å². The van der Waals surface area contributed by atoms with Crippen molar-refractivity contribution in [2.75, 3.05) is 30.8 Å². The predicted octanol–water partition coefficient (Wildman–Crippen LogP) is 2.77. The van der Waals surface area contributed by atoms with Crippen LogP contribution in [0.25, 0.3) is 11.4 Å². The van der Waals surface area contributed by atoms with Crippen molar-refractivity contribution in [2.24, 2.45) is 13.0 Å². The smallest absolute Gasteiger partial charge is 0.321 e. The minimum atomic E-state index is -0.193. The molecule has 1 aliphatic heterocycles. The molecule has 1 fully saturated rings. The first-order valence-electron chi connectivity index (χ1n) is 10.4. The number of likely N-dealkylation sites (tertiary alicyclic amines) is 1. The van der Waals surface area contributed by atoms with Crippen LogP contribution in [0, 0.1) is 5.92 Å². The fourth-order valence-electron chi connectivity index (χ4n) is 3.74. The van der Waals surface area contributed by atoms with E-state index in [0.29, 0.717) is 48.9 Å². The fourth-order valence-corrected chi connectivity index (χ4v) is 3.74. The zero-order chi connectivity index (χ0) is 22.5. The molecule has 0 saturated carbocycles. The summed E-state index contributed by atoms with van der Waals surface area (Å²) in [5.74, 6) is 1.02. The average molecular weight is 435 g/mol. The van der Waals surface area contributed by atoms with E-state index in [1.807, 2.05) is 42.5 Å². The standard InChI is InChI=1S/C22H25N7O3/c1-28-20(25-26-27-28)16-6-5-7-17(14-16)23-22(31)29-12-10-15(11-13-29)21(30)24-18-8-3-4-9-19(18)32-2/h3-9,14-15H,10-13H2,1-2H3,(H,23,31)(H,24,30). The Morgan fingerprint density at radius 1 is 1.06 bits per heavy atom. The van der Waals surface area contributed by atoms with Crippen molar-refractivity contribution in [3.05, 3.63) is 48.5 Å². The predicted molar refractivity (Wildman–Crippen MR) is 119 cm³/mol. The number of urea groups is 1. The first-order chi connectivity index (χ1) is 15.5. The number of ether oxygens (including phenoxy) is 1. The SMILES string of the molecule is COc1ccccc1NC(=O)C1CCN(C(=O)Nc2cccc(-c3nnnn3C)c2)CC1. The number of nitrogens with one attached hydrogen (secondary N) is 2. The van der Waals surface area contributed by atoms with Gasteiger partial charge >= 0.3 is 6.03 Å². The number of carbonyl (C=O) groups is 2. The average Bonchev–Trinajstić information content (AvgIpc) is 3.25. The largest absolute Gasteiger partial charge is 0.495 e. The number of benzene rings is 2. The van der Waals surface area contributed by atoms with Gasteiger partial charge in [0.1, 0.15) is 5.75 Å². The van der Waals surface area contributed by atoms with Crippen molar-refractivity contribution in [3.8, 4) is 17.1 Å². The monoisotopic (exact) mass is 435 g/mol. The maximum absolute atomic E-state index is 12.7. The maximum Gasteiger partial charge on any atom is 0.321 e. The van der Waals surface area contributed by atoms with Gasteiger partial charge in [0.15, 0.2) is 5.82 Å². The van der Waals surface area contributed by atoms with Gasteiger partial charge < -0.3 is 20.3 Å². The number of aromatic nitrogens is 4. The van der Waals surface area contributed by atoms with Gasteiger partial charge in [-0.15, -0.1) is 5.10 Å². The zero-order valence-corrected chi connectivity index (χ0v) is 18.0. The second-order valence-corrected chi connectivity index (χ2v) is 7.59. The van der Waals surface area contributed by atoms with E-state index < -0.39 is 0 Å². The molecule has 0 atom stereocenters. The number of hydrogen-bond donors (Lipinski definition) is 2.